The number of nitrogens with two attached hydrogens (primary N) is 1. The molecule has 0 amide bonds. The van der Waals surface area contributed by atoms with Gasteiger partial charge in [0.15, 0.2) is 5.78 Å². The summed E-state index contributed by atoms with van der Waals surface area (Å²) in [6.07, 6.45) is 3.78. The summed E-state index contributed by atoms with van der Waals surface area (Å²) in [6.45, 7) is 0. The van der Waals surface area contributed by atoms with Crippen LogP contribution in [0.15, 0.2) is 23.3 Å². The maximum Gasteiger partial charge on any atom is 0.159 e. The van der Waals surface area contributed by atoms with E-state index in [0.29, 0.717) is 12.8 Å². The molecule has 0 bridgehead atoms. The Morgan fingerprint density at radius 2 is 2.25 bits per heavy atom. The van der Waals surface area contributed by atoms with Crippen LogP contribution in [0.2, 0.25) is 0 Å². The molecule has 64 valence electrons. The zero-order valence-electron chi connectivity index (χ0n) is 6.66. The van der Waals surface area contributed by atoms with Gasteiger partial charge in [-0.25, -0.2) is 0 Å². The van der Waals surface area contributed by atoms with Crippen molar-refractivity contribution in [1.29, 1.82) is 0 Å². The Morgan fingerprint density at radius 1 is 1.50 bits per heavy atom. The summed E-state index contributed by atoms with van der Waals surface area (Å²) in [5.74, 6) is 0.107. The number of carbonyl (C=O) groups excluding carboxylic acids is 1. The first kappa shape index (κ1) is 7.71. The Hall–Kier alpha value is -0.930. The average molecular weight is 165 g/mol. The molecule has 3 heteroatoms. The topological polar surface area (TPSA) is 63.3 Å². The van der Waals surface area contributed by atoms with Gasteiger partial charge in [0, 0.05) is 6.42 Å². The van der Waals surface area contributed by atoms with Crippen LogP contribution in [0.3, 0.4) is 0 Å². The van der Waals surface area contributed by atoms with Gasteiger partial charge in [-0.1, -0.05) is 11.6 Å². The fourth-order valence-electron chi connectivity index (χ4n) is 1.80. The number of aliphatic hydroxyl groups excluding tert-OH is 1. The van der Waals surface area contributed by atoms with E-state index in [-0.39, 0.29) is 11.8 Å². The van der Waals surface area contributed by atoms with E-state index in [2.05, 4.69) is 0 Å². The Balaban J connectivity index is 2.30. The number of ketones is 1. The van der Waals surface area contributed by atoms with Crippen LogP contribution in [-0.2, 0) is 4.79 Å². The van der Waals surface area contributed by atoms with Crippen LogP contribution in [0.5, 0.6) is 0 Å². The molecule has 0 aromatic carbocycles. The van der Waals surface area contributed by atoms with E-state index in [4.69, 9.17) is 5.73 Å². The number of hydrogen-bond acceptors (Lipinski definition) is 3. The number of carbonyl (C=O) groups is 1. The maximum atomic E-state index is 11.0. The van der Waals surface area contributed by atoms with Gasteiger partial charge in [-0.15, -0.1) is 0 Å². The van der Waals surface area contributed by atoms with Crippen molar-refractivity contribution in [3.8, 4) is 0 Å². The van der Waals surface area contributed by atoms with Gasteiger partial charge in [-0.05, 0) is 18.1 Å². The van der Waals surface area contributed by atoms with Gasteiger partial charge in [0.2, 0.25) is 0 Å². The van der Waals surface area contributed by atoms with Crippen molar-refractivity contribution in [3.05, 3.63) is 23.3 Å². The summed E-state index contributed by atoms with van der Waals surface area (Å²) in [6, 6.07) is -0.288. The van der Waals surface area contributed by atoms with Crippen LogP contribution in [0.25, 0.3) is 0 Å². The van der Waals surface area contributed by atoms with Gasteiger partial charge >= 0.3 is 0 Å². The second kappa shape index (κ2) is 2.54. The molecule has 0 heterocycles. The lowest BCUT2D eigenvalue weighted by atomic mass is 9.98. The molecule has 2 atom stereocenters. The van der Waals surface area contributed by atoms with Gasteiger partial charge in [-0.3, -0.25) is 4.79 Å². The van der Waals surface area contributed by atoms with E-state index >= 15 is 0 Å². The minimum Gasteiger partial charge on any atom is -0.391 e. The Morgan fingerprint density at radius 3 is 3.00 bits per heavy atom. The molecule has 12 heavy (non-hydrogen) atoms. The van der Waals surface area contributed by atoms with E-state index in [9.17, 15) is 9.90 Å². The standard InChI is InChI=1S/C9H11NO2/c10-9-7-2-1-6(11)3-5(7)4-8(9)12/h1-2,8-9,12H,3-4,10H2. The molecule has 2 unspecified atom stereocenters. The van der Waals surface area contributed by atoms with Gasteiger partial charge < -0.3 is 10.8 Å². The normalized spacial score (nSPS) is 34.3. The molecular weight excluding hydrogens is 154 g/mol. The quantitative estimate of drug-likeness (QED) is 0.527. The molecule has 0 aromatic rings. The fourth-order valence-corrected chi connectivity index (χ4v) is 1.80. The minimum atomic E-state index is -0.495. The molecule has 2 aliphatic rings. The fraction of sp³-hybridized carbons (Fsp3) is 0.444. The van der Waals surface area contributed by atoms with Crippen LogP contribution < -0.4 is 5.73 Å². The summed E-state index contributed by atoms with van der Waals surface area (Å²) in [7, 11) is 0. The molecule has 0 aromatic heterocycles. The lowest BCUT2D eigenvalue weighted by Gasteiger charge is -2.11. The highest BCUT2D eigenvalue weighted by Gasteiger charge is 2.31. The zero-order chi connectivity index (χ0) is 8.72. The first-order valence-corrected chi connectivity index (χ1v) is 4.05. The second-order valence-electron chi connectivity index (χ2n) is 3.33. The molecule has 0 fully saturated rings. The molecule has 0 spiro atoms. The highest BCUT2D eigenvalue weighted by atomic mass is 16.3. The Kier molecular flexibility index (Phi) is 1.63. The van der Waals surface area contributed by atoms with E-state index in [0.717, 1.165) is 11.1 Å². The molecule has 3 N–H and O–H groups in total. The van der Waals surface area contributed by atoms with Crippen LogP contribution in [0.1, 0.15) is 12.8 Å². The number of hydrogen-bond donors (Lipinski definition) is 2. The van der Waals surface area contributed by atoms with E-state index < -0.39 is 6.10 Å². The number of rotatable bonds is 0. The van der Waals surface area contributed by atoms with Crippen molar-refractivity contribution >= 4 is 5.78 Å². The molecule has 0 saturated carbocycles. The highest BCUT2D eigenvalue weighted by Crippen LogP contribution is 2.31. The molecule has 0 aliphatic heterocycles. The van der Waals surface area contributed by atoms with E-state index in [1.165, 1.54) is 6.08 Å². The van der Waals surface area contributed by atoms with Crippen LogP contribution >= 0.6 is 0 Å². The van der Waals surface area contributed by atoms with Crippen molar-refractivity contribution in [2.45, 2.75) is 25.0 Å². The summed E-state index contributed by atoms with van der Waals surface area (Å²) in [5.41, 5.74) is 7.68. The van der Waals surface area contributed by atoms with E-state index in [1.807, 2.05) is 0 Å². The van der Waals surface area contributed by atoms with Crippen LogP contribution in [0, 0.1) is 0 Å². The molecule has 0 radical (unpaired) electrons. The Bertz CT molecular complexity index is 291. The largest absolute Gasteiger partial charge is 0.391 e. The summed E-state index contributed by atoms with van der Waals surface area (Å²) in [4.78, 5) is 11.0. The van der Waals surface area contributed by atoms with Crippen molar-refractivity contribution in [3.63, 3.8) is 0 Å². The third kappa shape index (κ3) is 1.02. The lowest BCUT2D eigenvalue weighted by Crippen LogP contribution is -2.31. The maximum absolute atomic E-state index is 11.0. The summed E-state index contributed by atoms with van der Waals surface area (Å²) < 4.78 is 0. The first-order valence-electron chi connectivity index (χ1n) is 4.05. The van der Waals surface area contributed by atoms with E-state index in [1.54, 1.807) is 6.08 Å². The van der Waals surface area contributed by atoms with Gasteiger partial charge in [0.1, 0.15) is 0 Å². The van der Waals surface area contributed by atoms with Crippen molar-refractivity contribution in [2.75, 3.05) is 0 Å². The van der Waals surface area contributed by atoms with Gasteiger partial charge in [0.05, 0.1) is 12.1 Å². The molecular formula is C9H11NO2. The number of allylic oxidation sites excluding steroid dienone is 1. The van der Waals surface area contributed by atoms with Crippen LogP contribution in [0.4, 0.5) is 0 Å². The third-order valence-corrected chi connectivity index (χ3v) is 2.47. The SMILES string of the molecule is NC1C2=C(CC(=O)C=C2)CC1O. The molecule has 2 aliphatic carbocycles. The molecule has 2 rings (SSSR count). The smallest absolute Gasteiger partial charge is 0.159 e. The predicted molar refractivity (Wildman–Crippen MR) is 44.4 cm³/mol. The first-order chi connectivity index (χ1) is 5.68. The van der Waals surface area contributed by atoms with Crippen LogP contribution in [-0.4, -0.2) is 23.0 Å². The average Bonchev–Trinajstić information content (AvgIpc) is 2.28. The number of aliphatic hydroxyl groups is 1. The zero-order valence-corrected chi connectivity index (χ0v) is 6.66. The lowest BCUT2D eigenvalue weighted by molar-refractivity contribution is -0.114. The highest BCUT2D eigenvalue weighted by molar-refractivity contribution is 5.94. The summed E-state index contributed by atoms with van der Waals surface area (Å²) in [5, 5.41) is 9.40. The van der Waals surface area contributed by atoms with Crippen molar-refractivity contribution in [2.24, 2.45) is 5.73 Å². The Labute approximate surface area is 70.6 Å². The van der Waals surface area contributed by atoms with Crippen molar-refractivity contribution in [1.82, 2.24) is 0 Å². The predicted octanol–water partition coefficient (Wildman–Crippen LogP) is -0.0961. The monoisotopic (exact) mass is 165 g/mol. The molecule has 3 nitrogen and oxygen atoms in total. The third-order valence-electron chi connectivity index (χ3n) is 2.47. The van der Waals surface area contributed by atoms with Gasteiger partial charge in [0.25, 0.3) is 0 Å². The summed E-state index contributed by atoms with van der Waals surface area (Å²) >= 11 is 0. The van der Waals surface area contributed by atoms with Gasteiger partial charge in [-0.2, -0.15) is 0 Å². The van der Waals surface area contributed by atoms with Crippen molar-refractivity contribution < 1.29 is 9.90 Å². The second-order valence-corrected chi connectivity index (χ2v) is 3.33. The minimum absolute atomic E-state index is 0.107. The molecule has 0 saturated heterocycles.